The topological polar surface area (TPSA) is 62.3 Å². The molecule has 1 aromatic carbocycles. The van der Waals surface area contributed by atoms with E-state index in [9.17, 15) is 9.59 Å². The largest absolute Gasteiger partial charge is 0.344 e. The highest BCUT2D eigenvalue weighted by molar-refractivity contribution is 6.13. The molecule has 0 saturated heterocycles. The van der Waals surface area contributed by atoms with Crippen LogP contribution in [0.4, 0.5) is 5.69 Å². The number of aryl methyl sites for hydroxylation is 1. The van der Waals surface area contributed by atoms with Gasteiger partial charge in [0.2, 0.25) is 11.8 Å². The Morgan fingerprint density at radius 1 is 1.16 bits per heavy atom. The molecular weight excluding hydrogens is 314 g/mol. The van der Waals surface area contributed by atoms with Crippen molar-refractivity contribution in [1.82, 2.24) is 9.88 Å². The van der Waals surface area contributed by atoms with Crippen LogP contribution in [-0.2, 0) is 16.0 Å². The van der Waals surface area contributed by atoms with Crippen molar-refractivity contribution in [2.24, 2.45) is 5.41 Å². The first-order valence-corrected chi connectivity index (χ1v) is 8.54. The maximum Gasteiger partial charge on any atom is 0.240 e. The quantitative estimate of drug-likeness (QED) is 0.825. The molecule has 0 atom stereocenters. The van der Waals surface area contributed by atoms with E-state index in [1.165, 1.54) is 0 Å². The van der Waals surface area contributed by atoms with E-state index in [4.69, 9.17) is 0 Å². The molecule has 25 heavy (non-hydrogen) atoms. The number of anilines is 1. The molecule has 1 aromatic heterocycles. The average Bonchev–Trinajstić information content (AvgIpc) is 3.44. The number of aromatic nitrogens is 1. The second-order valence-electron chi connectivity index (χ2n) is 6.68. The van der Waals surface area contributed by atoms with Crippen molar-refractivity contribution in [1.29, 1.82) is 0 Å². The first-order chi connectivity index (χ1) is 12.0. The van der Waals surface area contributed by atoms with Gasteiger partial charge in [-0.1, -0.05) is 18.2 Å². The van der Waals surface area contributed by atoms with Gasteiger partial charge in [-0.3, -0.25) is 14.6 Å². The molecule has 5 nitrogen and oxygen atoms in total. The van der Waals surface area contributed by atoms with Crippen LogP contribution in [0.5, 0.6) is 0 Å². The normalized spacial score (nSPS) is 14.6. The van der Waals surface area contributed by atoms with Gasteiger partial charge in [0.05, 0.1) is 0 Å². The molecule has 0 aliphatic heterocycles. The van der Waals surface area contributed by atoms with Crippen LogP contribution in [0.1, 0.15) is 24.0 Å². The lowest BCUT2D eigenvalue weighted by Crippen LogP contribution is -2.41. The molecule has 3 rings (SSSR count). The molecule has 1 N–H and O–H groups in total. The monoisotopic (exact) mass is 337 g/mol. The average molecular weight is 337 g/mol. The van der Waals surface area contributed by atoms with Crippen LogP contribution in [0.15, 0.2) is 48.8 Å². The Balaban J connectivity index is 1.62. The third kappa shape index (κ3) is 3.71. The van der Waals surface area contributed by atoms with Gasteiger partial charge in [-0.05, 0) is 55.5 Å². The van der Waals surface area contributed by atoms with E-state index in [0.717, 1.165) is 23.2 Å². The van der Waals surface area contributed by atoms with E-state index in [1.54, 1.807) is 24.3 Å². The minimum absolute atomic E-state index is 0.0901. The molecule has 1 heterocycles. The van der Waals surface area contributed by atoms with Gasteiger partial charge in [-0.15, -0.1) is 0 Å². The van der Waals surface area contributed by atoms with E-state index in [1.807, 2.05) is 43.3 Å². The summed E-state index contributed by atoms with van der Waals surface area (Å²) in [6.45, 7) is 2.53. The van der Waals surface area contributed by atoms with Gasteiger partial charge < -0.3 is 10.2 Å². The van der Waals surface area contributed by atoms with Gasteiger partial charge >= 0.3 is 0 Å². The molecule has 1 fully saturated rings. The predicted molar refractivity (Wildman–Crippen MR) is 97.1 cm³/mol. The predicted octanol–water partition coefficient (Wildman–Crippen LogP) is 2.81. The van der Waals surface area contributed by atoms with E-state index in [0.29, 0.717) is 19.4 Å². The SMILES string of the molecule is Cc1ccccc1NC(=O)C1(C(=O)N(C)CCc2ccncc2)CC1. The molecule has 1 aliphatic carbocycles. The van der Waals surface area contributed by atoms with Crippen molar-refractivity contribution in [2.45, 2.75) is 26.2 Å². The highest BCUT2D eigenvalue weighted by atomic mass is 16.2. The molecule has 0 radical (unpaired) electrons. The number of amides is 2. The fourth-order valence-electron chi connectivity index (χ4n) is 2.93. The molecular formula is C20H23N3O2. The lowest BCUT2D eigenvalue weighted by Gasteiger charge is -2.23. The summed E-state index contributed by atoms with van der Waals surface area (Å²) in [5.74, 6) is -0.282. The van der Waals surface area contributed by atoms with Crippen LogP contribution in [0.2, 0.25) is 0 Å². The Morgan fingerprint density at radius 2 is 1.84 bits per heavy atom. The number of rotatable bonds is 6. The Hall–Kier alpha value is -2.69. The lowest BCUT2D eigenvalue weighted by atomic mass is 10.0. The summed E-state index contributed by atoms with van der Waals surface area (Å²) in [5, 5.41) is 2.93. The second kappa shape index (κ2) is 7.05. The number of pyridine rings is 1. The van der Waals surface area contributed by atoms with Crippen molar-refractivity contribution in [3.05, 3.63) is 59.9 Å². The van der Waals surface area contributed by atoms with Gasteiger partial charge in [-0.2, -0.15) is 0 Å². The molecule has 5 heteroatoms. The summed E-state index contributed by atoms with van der Waals surface area (Å²) in [5.41, 5.74) is 2.00. The Kier molecular flexibility index (Phi) is 4.83. The number of carbonyl (C=O) groups excluding carboxylic acids is 2. The Morgan fingerprint density at radius 3 is 2.48 bits per heavy atom. The van der Waals surface area contributed by atoms with Gasteiger partial charge in [-0.25, -0.2) is 0 Å². The molecule has 0 bridgehead atoms. The van der Waals surface area contributed by atoms with E-state index in [2.05, 4.69) is 10.3 Å². The van der Waals surface area contributed by atoms with Crippen molar-refractivity contribution >= 4 is 17.5 Å². The summed E-state index contributed by atoms with van der Waals surface area (Å²) in [4.78, 5) is 31.2. The fraction of sp³-hybridized carbons (Fsp3) is 0.350. The van der Waals surface area contributed by atoms with E-state index in [-0.39, 0.29) is 11.8 Å². The molecule has 2 amide bonds. The smallest absolute Gasteiger partial charge is 0.240 e. The number of nitrogens with zero attached hydrogens (tertiary/aromatic N) is 2. The van der Waals surface area contributed by atoms with E-state index >= 15 is 0 Å². The maximum absolute atomic E-state index is 12.8. The molecule has 130 valence electrons. The standard InChI is InChI=1S/C20H23N3O2/c1-15-5-3-4-6-17(15)22-18(24)20(10-11-20)19(25)23(2)14-9-16-7-12-21-13-8-16/h3-8,12-13H,9-11,14H2,1-2H3,(H,22,24). The zero-order valence-corrected chi connectivity index (χ0v) is 14.7. The third-order valence-corrected chi connectivity index (χ3v) is 4.82. The van der Waals surface area contributed by atoms with Crippen LogP contribution in [-0.4, -0.2) is 35.3 Å². The van der Waals surface area contributed by atoms with E-state index < -0.39 is 5.41 Å². The summed E-state index contributed by atoms with van der Waals surface area (Å²) in [6.07, 6.45) is 5.47. The maximum atomic E-state index is 12.8. The lowest BCUT2D eigenvalue weighted by molar-refractivity contribution is -0.141. The van der Waals surface area contributed by atoms with Crippen LogP contribution in [0.25, 0.3) is 0 Å². The summed E-state index contributed by atoms with van der Waals surface area (Å²) < 4.78 is 0. The van der Waals surface area contributed by atoms with Crippen molar-refractivity contribution in [3.8, 4) is 0 Å². The minimum Gasteiger partial charge on any atom is -0.344 e. The number of nitrogens with one attached hydrogen (secondary N) is 1. The Labute approximate surface area is 148 Å². The Bertz CT molecular complexity index is 770. The van der Waals surface area contributed by atoms with Gasteiger partial charge in [0, 0.05) is 31.7 Å². The molecule has 0 unspecified atom stereocenters. The first kappa shape index (κ1) is 17.1. The summed E-state index contributed by atoms with van der Waals surface area (Å²) in [7, 11) is 1.77. The zero-order valence-electron chi connectivity index (χ0n) is 14.7. The molecule has 1 saturated carbocycles. The third-order valence-electron chi connectivity index (χ3n) is 4.82. The number of hydrogen-bond donors (Lipinski definition) is 1. The van der Waals surface area contributed by atoms with Crippen molar-refractivity contribution in [2.75, 3.05) is 18.9 Å². The van der Waals surface area contributed by atoms with Gasteiger partial charge in [0.15, 0.2) is 0 Å². The highest BCUT2D eigenvalue weighted by Gasteiger charge is 2.57. The summed E-state index contributed by atoms with van der Waals surface area (Å²) in [6, 6.07) is 11.5. The van der Waals surface area contributed by atoms with Crippen LogP contribution >= 0.6 is 0 Å². The molecule has 1 aliphatic rings. The van der Waals surface area contributed by atoms with Crippen molar-refractivity contribution in [3.63, 3.8) is 0 Å². The number of benzene rings is 1. The van der Waals surface area contributed by atoms with Gasteiger partial charge in [0.1, 0.15) is 5.41 Å². The van der Waals surface area contributed by atoms with Gasteiger partial charge in [0.25, 0.3) is 0 Å². The molecule has 0 spiro atoms. The van der Waals surface area contributed by atoms with Crippen LogP contribution in [0, 0.1) is 12.3 Å². The summed E-state index contributed by atoms with van der Waals surface area (Å²) >= 11 is 0. The number of likely N-dealkylation sites (N-methyl/N-ethyl adjacent to an activating group) is 1. The van der Waals surface area contributed by atoms with Crippen LogP contribution in [0.3, 0.4) is 0 Å². The number of para-hydroxylation sites is 1. The number of carbonyl (C=O) groups is 2. The fourth-order valence-corrected chi connectivity index (χ4v) is 2.93. The van der Waals surface area contributed by atoms with Crippen molar-refractivity contribution < 1.29 is 9.59 Å². The first-order valence-electron chi connectivity index (χ1n) is 8.54. The number of hydrogen-bond acceptors (Lipinski definition) is 3. The molecule has 2 aromatic rings. The highest BCUT2D eigenvalue weighted by Crippen LogP contribution is 2.48. The minimum atomic E-state index is -0.894. The zero-order chi connectivity index (χ0) is 17.9. The van der Waals surface area contributed by atoms with Crippen LogP contribution < -0.4 is 5.32 Å². The second-order valence-corrected chi connectivity index (χ2v) is 6.68.